The summed E-state index contributed by atoms with van der Waals surface area (Å²) in [5, 5.41) is 18.3. The van der Waals surface area contributed by atoms with Crippen molar-refractivity contribution in [3.05, 3.63) is 71.1 Å². The van der Waals surface area contributed by atoms with Gasteiger partial charge in [0.1, 0.15) is 11.4 Å². The van der Waals surface area contributed by atoms with Gasteiger partial charge in [-0.2, -0.15) is 0 Å². The molecule has 8 nitrogen and oxygen atoms in total. The molecule has 28 heavy (non-hydrogen) atoms. The molecule has 2 aromatic rings. The maximum atomic E-state index is 12.3. The predicted octanol–water partition coefficient (Wildman–Crippen LogP) is 1.51. The van der Waals surface area contributed by atoms with Crippen LogP contribution >= 0.6 is 0 Å². The second-order valence-electron chi connectivity index (χ2n) is 6.24. The predicted molar refractivity (Wildman–Crippen MR) is 103 cm³/mol. The van der Waals surface area contributed by atoms with Crippen molar-refractivity contribution >= 4 is 23.4 Å². The van der Waals surface area contributed by atoms with E-state index in [0.29, 0.717) is 6.42 Å². The van der Waals surface area contributed by atoms with Crippen LogP contribution in [0.3, 0.4) is 0 Å². The summed E-state index contributed by atoms with van der Waals surface area (Å²) in [5.41, 5.74) is 6.20. The Balaban J connectivity index is 1.96. The van der Waals surface area contributed by atoms with E-state index in [0.717, 1.165) is 5.56 Å². The summed E-state index contributed by atoms with van der Waals surface area (Å²) in [6.07, 6.45) is 0.671. The summed E-state index contributed by atoms with van der Waals surface area (Å²) in [6.45, 7) is 1.95. The van der Waals surface area contributed by atoms with Crippen LogP contribution in [0.2, 0.25) is 0 Å². The van der Waals surface area contributed by atoms with Gasteiger partial charge < -0.3 is 21.5 Å². The van der Waals surface area contributed by atoms with Crippen LogP contribution in [0.25, 0.3) is 0 Å². The largest absolute Gasteiger partial charge is 0.505 e. The van der Waals surface area contributed by atoms with Gasteiger partial charge in [0, 0.05) is 0 Å². The number of carbonyl (C=O) groups excluding carboxylic acids is 3. The minimum Gasteiger partial charge on any atom is -0.505 e. The molecule has 0 aromatic heterocycles. The molecular formula is C20H20N4O4. The van der Waals surface area contributed by atoms with Crippen molar-refractivity contribution in [3.8, 4) is 5.75 Å². The Bertz CT molecular complexity index is 969. The number of nitrogens with one attached hydrogen (secondary N) is 3. The van der Waals surface area contributed by atoms with E-state index in [2.05, 4.69) is 16.0 Å². The summed E-state index contributed by atoms with van der Waals surface area (Å²) in [5.74, 6) is -2.42. The molecule has 3 rings (SSSR count). The summed E-state index contributed by atoms with van der Waals surface area (Å²) >= 11 is 0. The van der Waals surface area contributed by atoms with Gasteiger partial charge in [-0.05, 0) is 24.1 Å². The summed E-state index contributed by atoms with van der Waals surface area (Å²) in [6, 6.07) is 13.6. The monoisotopic (exact) mass is 380 g/mol. The van der Waals surface area contributed by atoms with Gasteiger partial charge >= 0.3 is 0 Å². The molecule has 1 aliphatic heterocycles. The van der Waals surface area contributed by atoms with Crippen molar-refractivity contribution in [2.24, 2.45) is 5.73 Å². The number of amides is 3. The lowest BCUT2D eigenvalue weighted by Crippen LogP contribution is -2.29. The molecule has 3 amide bonds. The topological polar surface area (TPSA) is 134 Å². The lowest BCUT2D eigenvalue weighted by Gasteiger charge is -2.19. The van der Waals surface area contributed by atoms with E-state index in [-0.39, 0.29) is 28.7 Å². The van der Waals surface area contributed by atoms with Crippen LogP contribution in [0.1, 0.15) is 35.3 Å². The van der Waals surface area contributed by atoms with Crippen LogP contribution in [-0.4, -0.2) is 22.8 Å². The van der Waals surface area contributed by atoms with Crippen molar-refractivity contribution in [1.29, 1.82) is 0 Å². The first-order valence-electron chi connectivity index (χ1n) is 8.72. The van der Waals surface area contributed by atoms with Crippen LogP contribution < -0.4 is 21.7 Å². The minimum absolute atomic E-state index is 0.0451. The van der Waals surface area contributed by atoms with Gasteiger partial charge in [-0.15, -0.1) is 0 Å². The third-order valence-electron chi connectivity index (χ3n) is 4.42. The minimum atomic E-state index is -0.810. The van der Waals surface area contributed by atoms with E-state index in [1.165, 1.54) is 18.2 Å². The highest BCUT2D eigenvalue weighted by atomic mass is 16.3. The molecule has 1 aliphatic rings. The second kappa shape index (κ2) is 7.83. The van der Waals surface area contributed by atoms with Crippen LogP contribution in [0.5, 0.6) is 5.75 Å². The number of phenols is 1. The normalized spacial score (nSPS) is 14.6. The number of rotatable bonds is 7. The van der Waals surface area contributed by atoms with Crippen molar-refractivity contribution in [1.82, 2.24) is 10.6 Å². The molecule has 0 aliphatic carbocycles. The lowest BCUT2D eigenvalue weighted by atomic mass is 10.0. The first-order valence-corrected chi connectivity index (χ1v) is 8.72. The average Bonchev–Trinajstić information content (AvgIpc) is 2.94. The Hall–Kier alpha value is -3.81. The van der Waals surface area contributed by atoms with Crippen molar-refractivity contribution in [3.63, 3.8) is 0 Å². The molecular weight excluding hydrogens is 360 g/mol. The number of benzene rings is 2. The molecule has 2 aromatic carbocycles. The molecule has 0 saturated carbocycles. The molecule has 1 heterocycles. The number of hydrogen-bond acceptors (Lipinski definition) is 6. The van der Waals surface area contributed by atoms with E-state index >= 15 is 0 Å². The Morgan fingerprint density at radius 2 is 1.75 bits per heavy atom. The van der Waals surface area contributed by atoms with E-state index in [1.807, 2.05) is 37.3 Å². The molecule has 6 N–H and O–H groups in total. The first kappa shape index (κ1) is 19.0. The number of para-hydroxylation sites is 1. The molecule has 0 saturated heterocycles. The van der Waals surface area contributed by atoms with E-state index in [4.69, 9.17) is 5.73 Å². The standard InChI is InChI=1S/C20H20N4O4/c1-2-13(11-7-4-3-5-8-11)22-15-16(20(28)24-19(15)27)23-14-10-6-9-12(17(14)25)18(21)26/h3-10,13,25H,2H2,1H3,(H2,21,26)(H3,22,23,24,27,28)/t13-/m1/s1. The summed E-state index contributed by atoms with van der Waals surface area (Å²) in [4.78, 5) is 36.0. The number of aromatic hydroxyl groups is 1. The molecule has 8 heteroatoms. The van der Waals surface area contributed by atoms with Gasteiger partial charge in [0.25, 0.3) is 17.7 Å². The molecule has 144 valence electrons. The zero-order chi connectivity index (χ0) is 20.3. The molecule has 0 radical (unpaired) electrons. The van der Waals surface area contributed by atoms with E-state index < -0.39 is 23.5 Å². The zero-order valence-corrected chi connectivity index (χ0v) is 15.2. The Kier molecular flexibility index (Phi) is 5.30. The van der Waals surface area contributed by atoms with Crippen LogP contribution in [-0.2, 0) is 9.59 Å². The molecule has 0 fully saturated rings. The van der Waals surface area contributed by atoms with Gasteiger partial charge in [-0.1, -0.05) is 43.3 Å². The zero-order valence-electron chi connectivity index (χ0n) is 15.2. The number of nitrogens with two attached hydrogens (primary N) is 1. The highest BCUT2D eigenvalue weighted by molar-refractivity contribution is 6.20. The van der Waals surface area contributed by atoms with Crippen LogP contribution in [0.4, 0.5) is 5.69 Å². The highest BCUT2D eigenvalue weighted by Crippen LogP contribution is 2.30. The SMILES string of the molecule is CC[C@@H](NC1=C(Nc2cccc(C(N)=O)c2O)C(=O)NC1=O)c1ccccc1. The highest BCUT2D eigenvalue weighted by Gasteiger charge is 2.32. The van der Waals surface area contributed by atoms with Gasteiger partial charge in [0.15, 0.2) is 5.75 Å². The van der Waals surface area contributed by atoms with Crippen molar-refractivity contribution < 1.29 is 19.5 Å². The molecule has 0 bridgehead atoms. The molecule has 0 spiro atoms. The fourth-order valence-electron chi connectivity index (χ4n) is 2.97. The number of hydrogen-bond donors (Lipinski definition) is 5. The van der Waals surface area contributed by atoms with Crippen LogP contribution in [0.15, 0.2) is 59.9 Å². The number of primary amides is 1. The van der Waals surface area contributed by atoms with Crippen molar-refractivity contribution in [2.45, 2.75) is 19.4 Å². The molecule has 0 unspecified atom stereocenters. The number of anilines is 1. The third kappa shape index (κ3) is 3.66. The fraction of sp³-hybridized carbons (Fsp3) is 0.150. The Morgan fingerprint density at radius 1 is 1.07 bits per heavy atom. The van der Waals surface area contributed by atoms with Gasteiger partial charge in [-0.3, -0.25) is 19.7 Å². The quantitative estimate of drug-likeness (QED) is 0.365. The third-order valence-corrected chi connectivity index (χ3v) is 4.42. The fourth-order valence-corrected chi connectivity index (χ4v) is 2.97. The maximum absolute atomic E-state index is 12.3. The number of carbonyl (C=O) groups is 3. The smallest absolute Gasteiger partial charge is 0.276 e. The average molecular weight is 380 g/mol. The Labute approximate surface area is 161 Å². The van der Waals surface area contributed by atoms with Gasteiger partial charge in [-0.25, -0.2) is 0 Å². The summed E-state index contributed by atoms with van der Waals surface area (Å²) < 4.78 is 0. The molecule has 1 atom stereocenters. The van der Waals surface area contributed by atoms with Gasteiger partial charge in [0.05, 0.1) is 17.3 Å². The lowest BCUT2D eigenvalue weighted by molar-refractivity contribution is -0.124. The first-order chi connectivity index (χ1) is 13.4. The van der Waals surface area contributed by atoms with E-state index in [9.17, 15) is 19.5 Å². The second-order valence-corrected chi connectivity index (χ2v) is 6.24. The maximum Gasteiger partial charge on any atom is 0.276 e. The van der Waals surface area contributed by atoms with Crippen molar-refractivity contribution in [2.75, 3.05) is 5.32 Å². The summed E-state index contributed by atoms with van der Waals surface area (Å²) in [7, 11) is 0. The number of imide groups is 1. The Morgan fingerprint density at radius 3 is 2.39 bits per heavy atom. The van der Waals surface area contributed by atoms with Gasteiger partial charge in [0.2, 0.25) is 0 Å². The van der Waals surface area contributed by atoms with E-state index in [1.54, 1.807) is 0 Å². The van der Waals surface area contributed by atoms with Crippen LogP contribution in [0, 0.1) is 0 Å².